The van der Waals surface area contributed by atoms with Crippen LogP contribution in [0.2, 0.25) is 0 Å². The SMILES string of the molecule is O=S(=O)(O)c1ccc(O)c(N=Nc2c(S(=O)(=O)O)cc3cc(Nc4ccccc4)ccc3c2O)c1.O=S(=O)(O)c1ccc(O)c(N=Nc2c(S(=O)(=O)O)cc3cc(Nc4ccccc4)ccc3c2O)c1.[Fe]. The minimum atomic E-state index is -4.90. The van der Waals surface area contributed by atoms with Crippen molar-refractivity contribution in [3.8, 4) is 23.0 Å². The molecule has 8 aromatic rings. The van der Waals surface area contributed by atoms with E-state index in [1.54, 1.807) is 24.3 Å². The van der Waals surface area contributed by atoms with E-state index in [-0.39, 0.29) is 38.6 Å². The summed E-state index contributed by atoms with van der Waals surface area (Å²) < 4.78 is 131. The Balaban J connectivity index is 0.000000229. The van der Waals surface area contributed by atoms with Gasteiger partial charge in [0.1, 0.15) is 44.0 Å². The molecular weight excluding hydrogens is 1050 g/mol. The quantitative estimate of drug-likeness (QED) is 0.0309. The van der Waals surface area contributed by atoms with Gasteiger partial charge in [0, 0.05) is 50.6 Å². The number of rotatable bonds is 12. The average molecular weight is 1090 g/mol. The standard InChI is InChI=1S/2C22H17N3O8S2.Fe/c2*26-19-9-7-16(34(28,29)30)12-18(19)24-25-21-20(35(31,32)33)11-13-10-15(6-8-17(13)22(21)27)23-14-4-2-1-3-5-14;/h2*1-12,23,26-27H,(H,28,29,30)(H,31,32,33);. The molecule has 8 aromatic carbocycles. The Morgan fingerprint density at radius 1 is 0.366 bits per heavy atom. The van der Waals surface area contributed by atoms with Crippen LogP contribution in [0.1, 0.15) is 0 Å². The second kappa shape index (κ2) is 20.8. The molecule has 8 rings (SSSR count). The molecule has 10 N–H and O–H groups in total. The van der Waals surface area contributed by atoms with E-state index in [0.717, 1.165) is 59.9 Å². The molecule has 0 radical (unpaired) electrons. The Morgan fingerprint density at radius 2 is 0.718 bits per heavy atom. The summed E-state index contributed by atoms with van der Waals surface area (Å²) >= 11 is 0. The van der Waals surface area contributed by atoms with Crippen molar-refractivity contribution in [1.82, 2.24) is 0 Å². The number of para-hydroxylation sites is 2. The van der Waals surface area contributed by atoms with Gasteiger partial charge in [0.25, 0.3) is 40.5 Å². The van der Waals surface area contributed by atoms with Crippen LogP contribution in [0.25, 0.3) is 21.5 Å². The van der Waals surface area contributed by atoms with Crippen LogP contribution in [0.3, 0.4) is 0 Å². The van der Waals surface area contributed by atoms with Crippen LogP contribution in [0.4, 0.5) is 45.5 Å². The van der Waals surface area contributed by atoms with Crippen LogP contribution in [0.15, 0.2) is 186 Å². The third-order valence-corrected chi connectivity index (χ3v) is 13.2. The molecule has 0 bridgehead atoms. The van der Waals surface area contributed by atoms with Gasteiger partial charge in [0.2, 0.25) is 0 Å². The average Bonchev–Trinajstić information content (AvgIpc) is 3.28. The summed E-state index contributed by atoms with van der Waals surface area (Å²) in [6, 6.07) is 35.1. The van der Waals surface area contributed by atoms with Crippen LogP contribution in [-0.2, 0) is 57.5 Å². The van der Waals surface area contributed by atoms with Crippen LogP contribution in [0, 0.1) is 0 Å². The maximum atomic E-state index is 12.1. The second-order valence-corrected chi connectivity index (χ2v) is 20.2. The first kappa shape index (κ1) is 52.8. The maximum Gasteiger partial charge on any atom is 0.296 e. The fraction of sp³-hybridized carbons (Fsp3) is 0. The van der Waals surface area contributed by atoms with Crippen molar-refractivity contribution < 1.29 is 89.4 Å². The number of hydrogen-bond donors (Lipinski definition) is 10. The number of phenols is 4. The monoisotopic (exact) mass is 1090 g/mol. The number of nitrogens with zero attached hydrogens (tertiary/aromatic N) is 4. The van der Waals surface area contributed by atoms with Crippen molar-refractivity contribution in [2.75, 3.05) is 10.6 Å². The number of azo groups is 2. The predicted molar refractivity (Wildman–Crippen MR) is 254 cm³/mol. The first-order valence-corrected chi connectivity index (χ1v) is 25.3. The van der Waals surface area contributed by atoms with Gasteiger partial charge in [-0.05, 0) is 120 Å². The van der Waals surface area contributed by atoms with Gasteiger partial charge in [0.15, 0.2) is 11.5 Å². The minimum absolute atomic E-state index is 0. The largest absolute Gasteiger partial charge is 0.506 e. The van der Waals surface area contributed by atoms with Crippen LogP contribution in [-0.4, -0.2) is 72.3 Å². The summed E-state index contributed by atoms with van der Waals surface area (Å²) in [5.74, 6) is -2.33. The van der Waals surface area contributed by atoms with Gasteiger partial charge in [-0.25, -0.2) is 0 Å². The van der Waals surface area contributed by atoms with Gasteiger partial charge in [0.05, 0.1) is 9.79 Å². The summed E-state index contributed by atoms with van der Waals surface area (Å²) in [4.78, 5) is -2.73. The summed E-state index contributed by atoms with van der Waals surface area (Å²) in [6.45, 7) is 0. The number of phenolic OH excluding ortho intramolecular Hbond substituents is 4. The molecule has 0 amide bonds. The van der Waals surface area contributed by atoms with Crippen molar-refractivity contribution in [3.05, 3.63) is 146 Å². The zero-order valence-electron chi connectivity index (χ0n) is 35.5. The van der Waals surface area contributed by atoms with Crippen molar-refractivity contribution in [1.29, 1.82) is 0 Å². The fourth-order valence-corrected chi connectivity index (χ4v) is 8.83. The smallest absolute Gasteiger partial charge is 0.296 e. The van der Waals surface area contributed by atoms with Crippen LogP contribution in [0.5, 0.6) is 23.0 Å². The van der Waals surface area contributed by atoms with Gasteiger partial charge in [-0.15, -0.1) is 20.5 Å². The van der Waals surface area contributed by atoms with E-state index in [1.807, 2.05) is 60.7 Å². The topological polar surface area (TPSA) is 372 Å². The van der Waals surface area contributed by atoms with Crippen molar-refractivity contribution >= 4 is 108 Å². The van der Waals surface area contributed by atoms with Crippen LogP contribution >= 0.6 is 0 Å². The molecule has 368 valence electrons. The molecule has 0 atom stereocenters. The number of hydrogen-bond acceptors (Lipinski definition) is 18. The molecule has 0 aliphatic heterocycles. The van der Waals surface area contributed by atoms with Gasteiger partial charge in [-0.3, -0.25) is 18.2 Å². The molecule has 27 heteroatoms. The zero-order valence-corrected chi connectivity index (χ0v) is 39.8. The molecule has 0 heterocycles. The van der Waals surface area contributed by atoms with Gasteiger partial charge < -0.3 is 31.1 Å². The third-order valence-electron chi connectivity index (χ3n) is 9.79. The first-order chi connectivity index (χ1) is 32.9. The number of anilines is 4. The summed E-state index contributed by atoms with van der Waals surface area (Å²) in [5.41, 5.74) is 0.524. The predicted octanol–water partition coefficient (Wildman–Crippen LogP) is 9.80. The molecule has 0 aliphatic rings. The van der Waals surface area contributed by atoms with Gasteiger partial charge in [-0.1, -0.05) is 36.4 Å². The Labute approximate surface area is 413 Å². The fourth-order valence-electron chi connectivity index (χ4n) is 6.52. The number of aromatic hydroxyl groups is 4. The number of benzene rings is 8. The van der Waals surface area contributed by atoms with Crippen molar-refractivity contribution in [3.63, 3.8) is 0 Å². The number of fused-ring (bicyclic) bond motifs is 2. The summed E-state index contributed by atoms with van der Waals surface area (Å²) in [7, 11) is -19.0. The third kappa shape index (κ3) is 12.6. The Hall–Kier alpha value is -7.56. The molecule has 22 nitrogen and oxygen atoms in total. The molecule has 0 aromatic heterocycles. The zero-order chi connectivity index (χ0) is 50.8. The normalized spacial score (nSPS) is 12.1. The maximum absolute atomic E-state index is 12.1. The van der Waals surface area contributed by atoms with Crippen molar-refractivity contribution in [2.24, 2.45) is 20.5 Å². The van der Waals surface area contributed by atoms with E-state index in [2.05, 4.69) is 31.1 Å². The summed E-state index contributed by atoms with van der Waals surface area (Å²) in [6.07, 6.45) is 0. The van der Waals surface area contributed by atoms with E-state index in [0.29, 0.717) is 11.4 Å². The Bertz CT molecular complexity index is 3640. The van der Waals surface area contributed by atoms with E-state index in [1.165, 1.54) is 12.1 Å². The minimum Gasteiger partial charge on any atom is -0.506 e. The molecule has 0 unspecified atom stereocenters. The van der Waals surface area contributed by atoms with E-state index in [9.17, 15) is 72.3 Å². The Morgan fingerprint density at radius 3 is 1.04 bits per heavy atom. The molecule has 0 saturated heterocycles. The molecule has 0 spiro atoms. The molecule has 0 aliphatic carbocycles. The molecule has 0 fully saturated rings. The van der Waals surface area contributed by atoms with Crippen molar-refractivity contribution in [2.45, 2.75) is 19.6 Å². The molecular formula is C44H34FeN6O16S4. The first-order valence-electron chi connectivity index (χ1n) is 19.5. The summed E-state index contributed by atoms with van der Waals surface area (Å²) in [5, 5.41) is 63.0. The van der Waals surface area contributed by atoms with Gasteiger partial charge >= 0.3 is 0 Å². The van der Waals surface area contributed by atoms with E-state index >= 15 is 0 Å². The second-order valence-electron chi connectivity index (χ2n) is 14.6. The van der Waals surface area contributed by atoms with Crippen LogP contribution < -0.4 is 10.6 Å². The molecule has 71 heavy (non-hydrogen) atoms. The molecule has 0 saturated carbocycles. The van der Waals surface area contributed by atoms with E-state index < -0.39 is 106 Å². The van der Waals surface area contributed by atoms with E-state index in [4.69, 9.17) is 0 Å². The number of nitrogens with one attached hydrogen (secondary N) is 2. The Kier molecular flexibility index (Phi) is 15.5. The van der Waals surface area contributed by atoms with Gasteiger partial charge in [-0.2, -0.15) is 33.7 Å².